The van der Waals surface area contributed by atoms with Gasteiger partial charge in [-0.1, -0.05) is 0 Å². The van der Waals surface area contributed by atoms with Crippen LogP contribution in [-0.2, 0) is 0 Å². The van der Waals surface area contributed by atoms with Crippen molar-refractivity contribution in [2.45, 2.75) is 39.3 Å². The first-order valence-corrected chi connectivity index (χ1v) is 5.76. The highest BCUT2D eigenvalue weighted by atomic mass is 15.3. The Morgan fingerprint density at radius 1 is 1.41 bits per heavy atom. The van der Waals surface area contributed by atoms with Crippen LogP contribution >= 0.6 is 0 Å². The highest BCUT2D eigenvalue weighted by Crippen LogP contribution is 2.14. The number of nitrogens with two attached hydrogens (primary N) is 1. The number of fused-ring (bicyclic) bond motifs is 1. The van der Waals surface area contributed by atoms with E-state index in [1.54, 1.807) is 6.20 Å². The summed E-state index contributed by atoms with van der Waals surface area (Å²) in [6.07, 6.45) is 4.48. The molecular weight excluding hydrogens is 216 g/mol. The van der Waals surface area contributed by atoms with Gasteiger partial charge in [0.25, 0.3) is 0 Å². The third kappa shape index (κ3) is 2.52. The summed E-state index contributed by atoms with van der Waals surface area (Å²) in [5.74, 6) is 1.60. The van der Waals surface area contributed by atoms with Gasteiger partial charge in [-0.2, -0.15) is 0 Å². The molecule has 0 aromatic carbocycles. The minimum absolute atomic E-state index is 0.164. The van der Waals surface area contributed by atoms with E-state index in [4.69, 9.17) is 5.73 Å². The Hall–Kier alpha value is -1.69. The van der Waals surface area contributed by atoms with Crippen molar-refractivity contribution in [1.29, 1.82) is 0 Å². The van der Waals surface area contributed by atoms with Crippen LogP contribution in [0.1, 0.15) is 26.1 Å². The molecule has 2 rings (SSSR count). The molecule has 6 nitrogen and oxygen atoms in total. The van der Waals surface area contributed by atoms with Crippen molar-refractivity contribution in [3.63, 3.8) is 0 Å². The number of aryl methyl sites for hydroxylation is 1. The van der Waals surface area contributed by atoms with Gasteiger partial charge >= 0.3 is 0 Å². The maximum absolute atomic E-state index is 5.77. The fraction of sp³-hybridized carbons (Fsp3) is 0.545. The highest BCUT2D eigenvalue weighted by molar-refractivity contribution is 5.62. The van der Waals surface area contributed by atoms with E-state index in [0.29, 0.717) is 0 Å². The molecule has 0 saturated heterocycles. The standard InChI is InChI=1S/C11H18N6/c1-7(12)6-8(2)14-10-11-16-15-9(3)17(11)5-4-13-10/h4-5,7-8H,6,12H2,1-3H3,(H,13,14). The Morgan fingerprint density at radius 3 is 2.88 bits per heavy atom. The molecule has 6 heteroatoms. The highest BCUT2D eigenvalue weighted by Gasteiger charge is 2.11. The third-order valence-corrected chi connectivity index (χ3v) is 2.61. The number of aromatic nitrogens is 4. The molecule has 2 atom stereocenters. The zero-order valence-electron chi connectivity index (χ0n) is 10.4. The van der Waals surface area contributed by atoms with Gasteiger partial charge in [-0.25, -0.2) is 4.98 Å². The maximum atomic E-state index is 5.77. The molecule has 0 aliphatic carbocycles. The Labute approximate surface area is 100 Å². The molecule has 0 spiro atoms. The molecule has 0 amide bonds. The van der Waals surface area contributed by atoms with Crippen LogP contribution < -0.4 is 11.1 Å². The normalized spacial score (nSPS) is 14.8. The molecule has 0 bridgehead atoms. The fourth-order valence-electron chi connectivity index (χ4n) is 1.89. The number of hydrogen-bond donors (Lipinski definition) is 2. The first kappa shape index (κ1) is 11.8. The largest absolute Gasteiger partial charge is 0.364 e. The zero-order chi connectivity index (χ0) is 12.4. The first-order valence-electron chi connectivity index (χ1n) is 5.76. The van der Waals surface area contributed by atoms with Gasteiger partial charge in [0.05, 0.1) is 0 Å². The molecule has 0 radical (unpaired) electrons. The average molecular weight is 234 g/mol. The lowest BCUT2D eigenvalue weighted by Crippen LogP contribution is -2.26. The van der Waals surface area contributed by atoms with E-state index >= 15 is 0 Å². The van der Waals surface area contributed by atoms with Crippen molar-refractivity contribution in [3.05, 3.63) is 18.2 Å². The third-order valence-electron chi connectivity index (χ3n) is 2.61. The summed E-state index contributed by atoms with van der Waals surface area (Å²) in [4.78, 5) is 4.29. The Bertz CT molecular complexity index is 504. The molecule has 2 aromatic rings. The summed E-state index contributed by atoms with van der Waals surface area (Å²) in [6, 6.07) is 0.419. The van der Waals surface area contributed by atoms with Crippen LogP contribution in [0, 0.1) is 6.92 Å². The van der Waals surface area contributed by atoms with E-state index in [9.17, 15) is 0 Å². The van der Waals surface area contributed by atoms with Crippen LogP contribution in [0.4, 0.5) is 5.82 Å². The number of nitrogens with zero attached hydrogens (tertiary/aromatic N) is 4. The number of rotatable bonds is 4. The van der Waals surface area contributed by atoms with Crippen molar-refractivity contribution in [3.8, 4) is 0 Å². The van der Waals surface area contributed by atoms with E-state index in [2.05, 4.69) is 27.4 Å². The Morgan fingerprint density at radius 2 is 2.18 bits per heavy atom. The molecule has 2 heterocycles. The molecule has 0 aliphatic heterocycles. The van der Waals surface area contributed by atoms with Gasteiger partial charge < -0.3 is 11.1 Å². The minimum Gasteiger partial charge on any atom is -0.364 e. The van der Waals surface area contributed by atoms with Crippen LogP contribution in [-0.4, -0.2) is 31.7 Å². The van der Waals surface area contributed by atoms with Gasteiger partial charge in [0.2, 0.25) is 5.65 Å². The van der Waals surface area contributed by atoms with E-state index in [-0.39, 0.29) is 12.1 Å². The molecule has 92 valence electrons. The molecule has 2 unspecified atom stereocenters. The number of anilines is 1. The van der Waals surface area contributed by atoms with E-state index in [0.717, 1.165) is 23.7 Å². The van der Waals surface area contributed by atoms with Crippen molar-refractivity contribution < 1.29 is 0 Å². The summed E-state index contributed by atoms with van der Waals surface area (Å²) in [7, 11) is 0. The fourth-order valence-corrected chi connectivity index (χ4v) is 1.89. The second kappa shape index (κ2) is 4.67. The van der Waals surface area contributed by atoms with Gasteiger partial charge in [0.1, 0.15) is 5.82 Å². The summed E-state index contributed by atoms with van der Waals surface area (Å²) in [5.41, 5.74) is 6.52. The van der Waals surface area contributed by atoms with E-state index in [1.807, 2.05) is 24.4 Å². The molecule has 2 aromatic heterocycles. The monoisotopic (exact) mass is 234 g/mol. The zero-order valence-corrected chi connectivity index (χ0v) is 10.4. The lowest BCUT2D eigenvalue weighted by Gasteiger charge is -2.16. The predicted octanol–water partition coefficient (Wildman–Crippen LogP) is 0.970. The number of nitrogens with one attached hydrogen (secondary N) is 1. The van der Waals surface area contributed by atoms with Gasteiger partial charge in [0, 0.05) is 24.5 Å². The number of hydrogen-bond acceptors (Lipinski definition) is 5. The second-order valence-corrected chi connectivity index (χ2v) is 4.48. The van der Waals surface area contributed by atoms with Crippen LogP contribution in [0.25, 0.3) is 5.65 Å². The topological polar surface area (TPSA) is 81.1 Å². The van der Waals surface area contributed by atoms with Gasteiger partial charge in [0.15, 0.2) is 5.82 Å². The quantitative estimate of drug-likeness (QED) is 0.824. The van der Waals surface area contributed by atoms with Gasteiger partial charge in [-0.15, -0.1) is 10.2 Å². The summed E-state index contributed by atoms with van der Waals surface area (Å²) >= 11 is 0. The lowest BCUT2D eigenvalue weighted by molar-refractivity contribution is 0.603. The predicted molar refractivity (Wildman–Crippen MR) is 66.9 cm³/mol. The van der Waals surface area contributed by atoms with Crippen molar-refractivity contribution >= 4 is 11.5 Å². The lowest BCUT2D eigenvalue weighted by atomic mass is 10.1. The van der Waals surface area contributed by atoms with Crippen LogP contribution in [0.5, 0.6) is 0 Å². The van der Waals surface area contributed by atoms with Crippen molar-refractivity contribution in [2.24, 2.45) is 5.73 Å². The minimum atomic E-state index is 0.164. The summed E-state index contributed by atoms with van der Waals surface area (Å²) < 4.78 is 1.91. The molecule has 17 heavy (non-hydrogen) atoms. The maximum Gasteiger partial charge on any atom is 0.203 e. The smallest absolute Gasteiger partial charge is 0.203 e. The van der Waals surface area contributed by atoms with Crippen LogP contribution in [0.3, 0.4) is 0 Å². The van der Waals surface area contributed by atoms with Crippen molar-refractivity contribution in [1.82, 2.24) is 19.6 Å². The molecule has 0 saturated carbocycles. The van der Waals surface area contributed by atoms with E-state index in [1.165, 1.54) is 0 Å². The molecule has 0 fully saturated rings. The van der Waals surface area contributed by atoms with Gasteiger partial charge in [-0.3, -0.25) is 4.40 Å². The molecule has 3 N–H and O–H groups in total. The first-order chi connectivity index (χ1) is 8.08. The van der Waals surface area contributed by atoms with E-state index < -0.39 is 0 Å². The summed E-state index contributed by atoms with van der Waals surface area (Å²) in [5, 5.41) is 11.5. The Balaban J connectivity index is 2.24. The molecule has 0 aliphatic rings. The van der Waals surface area contributed by atoms with Crippen LogP contribution in [0.15, 0.2) is 12.4 Å². The van der Waals surface area contributed by atoms with Gasteiger partial charge in [-0.05, 0) is 27.2 Å². The average Bonchev–Trinajstić information content (AvgIpc) is 2.61. The van der Waals surface area contributed by atoms with Crippen LogP contribution in [0.2, 0.25) is 0 Å². The second-order valence-electron chi connectivity index (χ2n) is 4.48. The summed E-state index contributed by atoms with van der Waals surface area (Å²) in [6.45, 7) is 5.99. The Kier molecular flexibility index (Phi) is 3.23. The molecular formula is C11H18N6. The van der Waals surface area contributed by atoms with Crippen molar-refractivity contribution in [2.75, 3.05) is 5.32 Å². The SMILES string of the molecule is Cc1nnc2c(NC(C)CC(C)N)nccn12.